The third kappa shape index (κ3) is 3.98. The number of amides is 2. The zero-order valence-electron chi connectivity index (χ0n) is 15.0. The smallest absolute Gasteiger partial charge is 0.317 e. The quantitative estimate of drug-likeness (QED) is 0.893. The van der Waals surface area contributed by atoms with Crippen LogP contribution in [0, 0.1) is 13.8 Å². The number of piperazine rings is 1. The van der Waals surface area contributed by atoms with Gasteiger partial charge >= 0.3 is 6.03 Å². The highest BCUT2D eigenvalue weighted by molar-refractivity contribution is 7.89. The second kappa shape index (κ2) is 7.33. The van der Waals surface area contributed by atoms with Crippen molar-refractivity contribution in [1.82, 2.24) is 14.5 Å². The average Bonchev–Trinajstić information content (AvgIpc) is 3.07. The Bertz CT molecular complexity index is 734. The van der Waals surface area contributed by atoms with E-state index in [4.69, 9.17) is 0 Å². The van der Waals surface area contributed by atoms with Crippen molar-refractivity contribution in [3.63, 3.8) is 0 Å². The van der Waals surface area contributed by atoms with Crippen LogP contribution in [0.4, 0.5) is 4.79 Å². The molecule has 1 aliphatic carbocycles. The van der Waals surface area contributed by atoms with E-state index in [9.17, 15) is 13.2 Å². The molecular weight excluding hydrogens is 338 g/mol. The molecule has 2 fully saturated rings. The Labute approximate surface area is 150 Å². The summed E-state index contributed by atoms with van der Waals surface area (Å²) in [4.78, 5) is 14.4. The normalized spacial score (nSPS) is 20.0. The molecule has 2 amide bonds. The van der Waals surface area contributed by atoms with Gasteiger partial charge in [-0.15, -0.1) is 0 Å². The number of nitrogens with one attached hydrogen (secondary N) is 1. The van der Waals surface area contributed by atoms with E-state index in [0.29, 0.717) is 31.1 Å². The first kappa shape index (κ1) is 18.2. The molecule has 6 nitrogen and oxygen atoms in total. The number of nitrogens with zero attached hydrogens (tertiary/aromatic N) is 2. The number of rotatable bonds is 3. The van der Waals surface area contributed by atoms with E-state index in [1.807, 2.05) is 26.0 Å². The van der Waals surface area contributed by atoms with Crippen molar-refractivity contribution >= 4 is 16.1 Å². The Morgan fingerprint density at radius 2 is 1.72 bits per heavy atom. The first-order chi connectivity index (χ1) is 11.9. The molecule has 0 spiro atoms. The predicted molar refractivity (Wildman–Crippen MR) is 97.0 cm³/mol. The van der Waals surface area contributed by atoms with E-state index in [1.54, 1.807) is 11.0 Å². The summed E-state index contributed by atoms with van der Waals surface area (Å²) in [6, 6.07) is 5.61. The van der Waals surface area contributed by atoms with E-state index in [0.717, 1.165) is 24.0 Å². The van der Waals surface area contributed by atoms with Gasteiger partial charge in [0.15, 0.2) is 0 Å². The van der Waals surface area contributed by atoms with Gasteiger partial charge < -0.3 is 10.2 Å². The Balaban J connectivity index is 1.62. The molecular formula is C18H27N3O3S. The number of sulfonamides is 1. The summed E-state index contributed by atoms with van der Waals surface area (Å²) >= 11 is 0. The van der Waals surface area contributed by atoms with Crippen molar-refractivity contribution in [3.8, 4) is 0 Å². The van der Waals surface area contributed by atoms with Crippen LogP contribution in [-0.4, -0.2) is 55.9 Å². The molecule has 0 aromatic heterocycles. The van der Waals surface area contributed by atoms with Gasteiger partial charge in [-0.05, 0) is 38.3 Å². The molecule has 1 saturated heterocycles. The van der Waals surface area contributed by atoms with Gasteiger partial charge in [-0.3, -0.25) is 0 Å². The maximum atomic E-state index is 12.9. The highest BCUT2D eigenvalue weighted by atomic mass is 32.2. The fourth-order valence-electron chi connectivity index (χ4n) is 3.70. The summed E-state index contributed by atoms with van der Waals surface area (Å²) in [5.74, 6) is 0. The Kier molecular flexibility index (Phi) is 5.34. The van der Waals surface area contributed by atoms with Crippen LogP contribution in [-0.2, 0) is 10.0 Å². The van der Waals surface area contributed by atoms with E-state index >= 15 is 0 Å². The Hall–Kier alpha value is -1.60. The summed E-state index contributed by atoms with van der Waals surface area (Å²) in [5.41, 5.74) is 1.81. The number of hydrogen-bond acceptors (Lipinski definition) is 3. The standard InChI is InChI=1S/C18H27N3O3S/c1-14-7-8-17(15(2)13-14)25(23,24)21-11-9-20(10-12-21)18(22)19-16-5-3-4-6-16/h7-8,13,16H,3-6,9-12H2,1-2H3,(H,19,22). The average molecular weight is 365 g/mol. The number of benzene rings is 1. The fourth-order valence-corrected chi connectivity index (χ4v) is 5.32. The topological polar surface area (TPSA) is 69.7 Å². The monoisotopic (exact) mass is 365 g/mol. The molecule has 1 aliphatic heterocycles. The molecule has 1 aromatic carbocycles. The zero-order valence-corrected chi connectivity index (χ0v) is 15.8. The minimum absolute atomic E-state index is 0.0598. The lowest BCUT2D eigenvalue weighted by Gasteiger charge is -2.34. The summed E-state index contributed by atoms with van der Waals surface area (Å²) in [7, 11) is -3.51. The third-order valence-corrected chi connectivity index (χ3v) is 7.22. The zero-order chi connectivity index (χ0) is 18.0. The number of aryl methyl sites for hydroxylation is 2. The van der Waals surface area contributed by atoms with Crippen LogP contribution in [0.2, 0.25) is 0 Å². The minimum atomic E-state index is -3.51. The van der Waals surface area contributed by atoms with Gasteiger partial charge in [0.2, 0.25) is 10.0 Å². The molecule has 1 heterocycles. The largest absolute Gasteiger partial charge is 0.335 e. The van der Waals surface area contributed by atoms with Gasteiger partial charge in [0.05, 0.1) is 4.90 Å². The maximum Gasteiger partial charge on any atom is 0.317 e. The lowest BCUT2D eigenvalue weighted by atomic mass is 10.2. The molecule has 0 unspecified atom stereocenters. The van der Waals surface area contributed by atoms with Gasteiger partial charge in [-0.1, -0.05) is 30.5 Å². The first-order valence-electron chi connectivity index (χ1n) is 9.01. The van der Waals surface area contributed by atoms with Gasteiger partial charge in [-0.2, -0.15) is 4.31 Å². The van der Waals surface area contributed by atoms with Crippen LogP contribution in [0.25, 0.3) is 0 Å². The molecule has 3 rings (SSSR count). The Morgan fingerprint density at radius 1 is 1.08 bits per heavy atom. The van der Waals surface area contributed by atoms with Gasteiger partial charge in [0, 0.05) is 32.2 Å². The highest BCUT2D eigenvalue weighted by Crippen LogP contribution is 2.22. The lowest BCUT2D eigenvalue weighted by molar-refractivity contribution is 0.169. The summed E-state index contributed by atoms with van der Waals surface area (Å²) in [6.45, 7) is 5.32. The van der Waals surface area contributed by atoms with E-state index in [2.05, 4.69) is 5.32 Å². The summed E-state index contributed by atoms with van der Waals surface area (Å²) in [6.07, 6.45) is 4.44. The molecule has 1 saturated carbocycles. The van der Waals surface area contributed by atoms with E-state index in [-0.39, 0.29) is 12.1 Å². The Morgan fingerprint density at radius 3 is 2.32 bits per heavy atom. The predicted octanol–water partition coefficient (Wildman–Crippen LogP) is 2.26. The van der Waals surface area contributed by atoms with Crippen LogP contribution >= 0.6 is 0 Å². The SMILES string of the molecule is Cc1ccc(S(=O)(=O)N2CCN(C(=O)NC3CCCC3)CC2)c(C)c1. The molecule has 0 bridgehead atoms. The van der Waals surface area contributed by atoms with Crippen LogP contribution in [0.5, 0.6) is 0 Å². The van der Waals surface area contributed by atoms with Crippen LogP contribution < -0.4 is 5.32 Å². The molecule has 0 atom stereocenters. The highest BCUT2D eigenvalue weighted by Gasteiger charge is 2.31. The number of carbonyl (C=O) groups excluding carboxylic acids is 1. The maximum absolute atomic E-state index is 12.9. The van der Waals surface area contributed by atoms with Gasteiger partial charge in [-0.25, -0.2) is 13.2 Å². The molecule has 1 aromatic rings. The number of urea groups is 1. The van der Waals surface area contributed by atoms with Gasteiger partial charge in [0.25, 0.3) is 0 Å². The minimum Gasteiger partial charge on any atom is -0.335 e. The molecule has 1 N–H and O–H groups in total. The second-order valence-electron chi connectivity index (χ2n) is 7.09. The fraction of sp³-hybridized carbons (Fsp3) is 0.611. The van der Waals surface area contributed by atoms with Crippen molar-refractivity contribution < 1.29 is 13.2 Å². The first-order valence-corrected chi connectivity index (χ1v) is 10.4. The third-order valence-electron chi connectivity index (χ3n) is 5.16. The number of hydrogen-bond donors (Lipinski definition) is 1. The molecule has 7 heteroatoms. The summed E-state index contributed by atoms with van der Waals surface area (Å²) in [5, 5.41) is 3.07. The second-order valence-corrected chi connectivity index (χ2v) is 9.00. The van der Waals surface area contributed by atoms with Crippen molar-refractivity contribution in [3.05, 3.63) is 29.3 Å². The number of carbonyl (C=O) groups is 1. The van der Waals surface area contributed by atoms with Gasteiger partial charge in [0.1, 0.15) is 0 Å². The van der Waals surface area contributed by atoms with Crippen molar-refractivity contribution in [2.45, 2.75) is 50.5 Å². The molecule has 138 valence electrons. The van der Waals surface area contributed by atoms with Crippen molar-refractivity contribution in [2.75, 3.05) is 26.2 Å². The van der Waals surface area contributed by atoms with Crippen LogP contribution in [0.3, 0.4) is 0 Å². The van der Waals surface area contributed by atoms with Crippen LogP contribution in [0.15, 0.2) is 23.1 Å². The van der Waals surface area contributed by atoms with Crippen molar-refractivity contribution in [1.29, 1.82) is 0 Å². The van der Waals surface area contributed by atoms with E-state index < -0.39 is 10.0 Å². The van der Waals surface area contributed by atoms with Crippen molar-refractivity contribution in [2.24, 2.45) is 0 Å². The molecule has 2 aliphatic rings. The molecule has 0 radical (unpaired) electrons. The van der Waals surface area contributed by atoms with E-state index in [1.165, 1.54) is 17.1 Å². The van der Waals surface area contributed by atoms with Crippen LogP contribution in [0.1, 0.15) is 36.8 Å². The lowest BCUT2D eigenvalue weighted by Crippen LogP contribution is -2.54. The summed E-state index contributed by atoms with van der Waals surface area (Å²) < 4.78 is 27.3. The molecule has 25 heavy (non-hydrogen) atoms.